The number of nitrogens with one attached hydrogen (secondary N) is 1. The van der Waals surface area contributed by atoms with Crippen molar-refractivity contribution in [3.63, 3.8) is 0 Å². The van der Waals surface area contributed by atoms with Crippen LogP contribution in [-0.2, 0) is 7.05 Å². The second-order valence-electron chi connectivity index (χ2n) is 5.26. The van der Waals surface area contributed by atoms with E-state index in [4.69, 9.17) is 4.98 Å². The van der Waals surface area contributed by atoms with Crippen LogP contribution in [0.2, 0.25) is 0 Å². The molecule has 1 aliphatic heterocycles. The highest BCUT2D eigenvalue weighted by Crippen LogP contribution is 2.29. The van der Waals surface area contributed by atoms with Gasteiger partial charge in [0.1, 0.15) is 5.52 Å². The summed E-state index contributed by atoms with van der Waals surface area (Å²) in [5, 5.41) is 3.59. The number of nitrogens with zero attached hydrogens (tertiary/aromatic N) is 3. The summed E-state index contributed by atoms with van der Waals surface area (Å²) < 4.78 is 2.10. The van der Waals surface area contributed by atoms with Gasteiger partial charge in [-0.1, -0.05) is 6.42 Å². The Morgan fingerprint density at radius 1 is 1.22 bits per heavy atom. The van der Waals surface area contributed by atoms with Crippen LogP contribution in [0.1, 0.15) is 42.3 Å². The first-order valence-electron chi connectivity index (χ1n) is 6.70. The summed E-state index contributed by atoms with van der Waals surface area (Å²) in [6, 6.07) is 0.443. The summed E-state index contributed by atoms with van der Waals surface area (Å²) in [5.74, 6) is 0. The summed E-state index contributed by atoms with van der Waals surface area (Å²) in [6.07, 6.45) is 5.97. The van der Waals surface area contributed by atoms with E-state index in [1.54, 1.807) is 0 Å². The van der Waals surface area contributed by atoms with Crippen molar-refractivity contribution in [2.75, 3.05) is 6.54 Å². The number of aryl methyl sites for hydroxylation is 3. The molecule has 3 heterocycles. The molecule has 0 saturated carbocycles. The summed E-state index contributed by atoms with van der Waals surface area (Å²) in [4.78, 5) is 9.41. The van der Waals surface area contributed by atoms with Gasteiger partial charge in [0, 0.05) is 24.8 Å². The van der Waals surface area contributed by atoms with Crippen molar-refractivity contribution >= 4 is 11.2 Å². The third-order valence-corrected chi connectivity index (χ3v) is 3.91. The first-order valence-corrected chi connectivity index (χ1v) is 6.70. The highest BCUT2D eigenvalue weighted by atomic mass is 15.0. The zero-order valence-corrected chi connectivity index (χ0v) is 11.3. The van der Waals surface area contributed by atoms with E-state index in [9.17, 15) is 0 Å². The summed E-state index contributed by atoms with van der Waals surface area (Å²) in [7, 11) is 2.05. The van der Waals surface area contributed by atoms with Crippen LogP contribution < -0.4 is 5.32 Å². The molecule has 18 heavy (non-hydrogen) atoms. The molecule has 4 nitrogen and oxygen atoms in total. The van der Waals surface area contributed by atoms with E-state index in [2.05, 4.69) is 28.1 Å². The zero-order valence-electron chi connectivity index (χ0n) is 11.3. The molecule has 0 spiro atoms. The van der Waals surface area contributed by atoms with E-state index in [0.717, 1.165) is 29.1 Å². The number of hydrogen-bond donors (Lipinski definition) is 1. The van der Waals surface area contributed by atoms with E-state index < -0.39 is 0 Å². The third-order valence-electron chi connectivity index (χ3n) is 3.91. The molecule has 2 aromatic heterocycles. The monoisotopic (exact) mass is 244 g/mol. The SMILES string of the molecule is Cc1nc2c(C3CCCCN3)cn(C)c2nc1C. The Morgan fingerprint density at radius 2 is 2.00 bits per heavy atom. The van der Waals surface area contributed by atoms with Crippen molar-refractivity contribution in [2.45, 2.75) is 39.2 Å². The topological polar surface area (TPSA) is 42.7 Å². The lowest BCUT2D eigenvalue weighted by molar-refractivity contribution is 0.413. The average Bonchev–Trinajstić information content (AvgIpc) is 2.69. The van der Waals surface area contributed by atoms with E-state index in [-0.39, 0.29) is 0 Å². The number of hydrogen-bond acceptors (Lipinski definition) is 3. The molecule has 0 aromatic carbocycles. The van der Waals surface area contributed by atoms with Crippen molar-refractivity contribution in [3.05, 3.63) is 23.1 Å². The minimum atomic E-state index is 0.443. The fraction of sp³-hybridized carbons (Fsp3) is 0.571. The second-order valence-corrected chi connectivity index (χ2v) is 5.26. The van der Waals surface area contributed by atoms with Crippen molar-refractivity contribution in [1.29, 1.82) is 0 Å². The smallest absolute Gasteiger partial charge is 0.159 e. The molecule has 4 heteroatoms. The molecule has 96 valence electrons. The van der Waals surface area contributed by atoms with Gasteiger partial charge in [-0.2, -0.15) is 0 Å². The van der Waals surface area contributed by atoms with Gasteiger partial charge in [-0.3, -0.25) is 0 Å². The molecule has 0 bridgehead atoms. The molecule has 0 amide bonds. The van der Waals surface area contributed by atoms with Crippen LogP contribution in [0.15, 0.2) is 6.20 Å². The van der Waals surface area contributed by atoms with Gasteiger partial charge >= 0.3 is 0 Å². The quantitative estimate of drug-likeness (QED) is 0.837. The van der Waals surface area contributed by atoms with E-state index in [1.807, 2.05) is 13.8 Å². The van der Waals surface area contributed by atoms with Crippen molar-refractivity contribution < 1.29 is 0 Å². The first-order chi connectivity index (χ1) is 8.66. The van der Waals surface area contributed by atoms with Gasteiger partial charge in [0.05, 0.1) is 11.4 Å². The number of rotatable bonds is 1. The van der Waals surface area contributed by atoms with Crippen LogP contribution in [0.5, 0.6) is 0 Å². The van der Waals surface area contributed by atoms with Crippen LogP contribution >= 0.6 is 0 Å². The minimum absolute atomic E-state index is 0.443. The highest BCUT2D eigenvalue weighted by Gasteiger charge is 2.21. The van der Waals surface area contributed by atoms with Crippen LogP contribution in [0, 0.1) is 13.8 Å². The van der Waals surface area contributed by atoms with Crippen LogP contribution in [0.3, 0.4) is 0 Å². The van der Waals surface area contributed by atoms with Gasteiger partial charge < -0.3 is 9.88 Å². The van der Waals surface area contributed by atoms with Crippen molar-refractivity contribution in [2.24, 2.45) is 7.05 Å². The molecule has 1 saturated heterocycles. The second kappa shape index (κ2) is 4.35. The number of aromatic nitrogens is 3. The van der Waals surface area contributed by atoms with Gasteiger partial charge in [-0.25, -0.2) is 9.97 Å². The molecule has 2 aromatic rings. The maximum atomic E-state index is 4.75. The van der Waals surface area contributed by atoms with E-state index >= 15 is 0 Å². The Balaban J connectivity index is 2.14. The Morgan fingerprint density at radius 3 is 2.72 bits per heavy atom. The fourth-order valence-electron chi connectivity index (χ4n) is 2.73. The molecule has 1 atom stereocenters. The summed E-state index contributed by atoms with van der Waals surface area (Å²) in [6.45, 7) is 5.17. The molecule has 1 fully saturated rings. The lowest BCUT2D eigenvalue weighted by Crippen LogP contribution is -2.26. The summed E-state index contributed by atoms with van der Waals surface area (Å²) in [5.41, 5.74) is 5.43. The largest absolute Gasteiger partial charge is 0.334 e. The lowest BCUT2D eigenvalue weighted by atomic mass is 9.99. The van der Waals surface area contributed by atoms with Crippen LogP contribution in [0.25, 0.3) is 11.2 Å². The molecule has 3 rings (SSSR count). The maximum Gasteiger partial charge on any atom is 0.159 e. The average molecular weight is 244 g/mol. The number of piperidine rings is 1. The van der Waals surface area contributed by atoms with E-state index in [0.29, 0.717) is 6.04 Å². The molecule has 1 aliphatic rings. The Labute approximate surface area is 107 Å². The molecule has 1 unspecified atom stereocenters. The Bertz CT molecular complexity index is 579. The van der Waals surface area contributed by atoms with Crippen LogP contribution in [-0.4, -0.2) is 21.1 Å². The van der Waals surface area contributed by atoms with Gasteiger partial charge in [-0.05, 0) is 33.2 Å². The van der Waals surface area contributed by atoms with Gasteiger partial charge in [0.25, 0.3) is 0 Å². The highest BCUT2D eigenvalue weighted by molar-refractivity contribution is 5.77. The third kappa shape index (κ3) is 1.81. The van der Waals surface area contributed by atoms with Gasteiger partial charge in [0.2, 0.25) is 0 Å². The van der Waals surface area contributed by atoms with Crippen molar-refractivity contribution in [3.8, 4) is 0 Å². The standard InChI is InChI=1S/C14H20N4/c1-9-10(2)17-14-13(16-9)11(8-18(14)3)12-6-4-5-7-15-12/h8,12,15H,4-7H2,1-3H3. The predicted molar refractivity (Wildman–Crippen MR) is 72.6 cm³/mol. The first kappa shape index (κ1) is 11.7. The van der Waals surface area contributed by atoms with Gasteiger partial charge in [-0.15, -0.1) is 0 Å². The lowest BCUT2D eigenvalue weighted by Gasteiger charge is -2.22. The molecule has 0 aliphatic carbocycles. The van der Waals surface area contributed by atoms with E-state index in [1.165, 1.54) is 24.8 Å². The molecular formula is C14H20N4. The molecular weight excluding hydrogens is 224 g/mol. The molecule has 1 N–H and O–H groups in total. The molecule has 0 radical (unpaired) electrons. The summed E-state index contributed by atoms with van der Waals surface area (Å²) >= 11 is 0. The Hall–Kier alpha value is -1.42. The Kier molecular flexibility index (Phi) is 2.82. The zero-order chi connectivity index (χ0) is 12.7. The van der Waals surface area contributed by atoms with Crippen molar-refractivity contribution in [1.82, 2.24) is 19.9 Å². The van der Waals surface area contributed by atoms with Gasteiger partial charge in [0.15, 0.2) is 5.65 Å². The number of fused-ring (bicyclic) bond motifs is 1. The van der Waals surface area contributed by atoms with Crippen LogP contribution in [0.4, 0.5) is 0 Å². The maximum absolute atomic E-state index is 4.75. The predicted octanol–water partition coefficient (Wildman–Crippen LogP) is 2.40. The minimum Gasteiger partial charge on any atom is -0.334 e. The fourth-order valence-corrected chi connectivity index (χ4v) is 2.73. The normalized spacial score (nSPS) is 20.5.